The number of aryl methyl sites for hydroxylation is 2. The maximum atomic E-state index is 12.8. The van der Waals surface area contributed by atoms with Gasteiger partial charge in [0.15, 0.2) is 0 Å². The molecule has 3 rings (SSSR count). The lowest BCUT2D eigenvalue weighted by Gasteiger charge is -2.08. The fraction of sp³-hybridized carbons (Fsp3) is 0.200. The van der Waals surface area contributed by atoms with Crippen molar-refractivity contribution in [2.75, 3.05) is 0 Å². The standard InChI is InChI=1S/C20H17F3N2S/c1-13-6-7-16(10-14(13)2)18-8-9-19(25-24-18)26-12-15-4-3-5-17(11-15)20(21,22)23/h3-11H,12H2,1-2H3. The van der Waals surface area contributed by atoms with Crippen molar-refractivity contribution >= 4 is 11.8 Å². The minimum atomic E-state index is -4.33. The normalized spacial score (nSPS) is 11.6. The number of hydrogen-bond acceptors (Lipinski definition) is 3. The lowest BCUT2D eigenvalue weighted by molar-refractivity contribution is -0.137. The molecule has 1 heterocycles. The highest BCUT2D eigenvalue weighted by Crippen LogP contribution is 2.31. The van der Waals surface area contributed by atoms with Gasteiger partial charge in [0.25, 0.3) is 0 Å². The van der Waals surface area contributed by atoms with Crippen LogP contribution in [0.5, 0.6) is 0 Å². The van der Waals surface area contributed by atoms with E-state index in [1.54, 1.807) is 6.07 Å². The van der Waals surface area contributed by atoms with E-state index >= 15 is 0 Å². The molecule has 0 saturated carbocycles. The van der Waals surface area contributed by atoms with E-state index in [9.17, 15) is 13.2 Å². The number of alkyl halides is 3. The minimum absolute atomic E-state index is 0.404. The first-order valence-electron chi connectivity index (χ1n) is 8.03. The molecule has 3 aromatic rings. The van der Waals surface area contributed by atoms with Gasteiger partial charge in [-0.3, -0.25) is 0 Å². The Labute approximate surface area is 154 Å². The van der Waals surface area contributed by atoms with E-state index in [0.29, 0.717) is 16.3 Å². The van der Waals surface area contributed by atoms with Crippen molar-refractivity contribution in [2.24, 2.45) is 0 Å². The van der Waals surface area contributed by atoms with Crippen LogP contribution in [0.25, 0.3) is 11.3 Å². The van der Waals surface area contributed by atoms with Gasteiger partial charge in [-0.1, -0.05) is 42.1 Å². The van der Waals surface area contributed by atoms with Gasteiger partial charge in [0.1, 0.15) is 5.03 Å². The Morgan fingerprint density at radius 3 is 2.35 bits per heavy atom. The quantitative estimate of drug-likeness (QED) is 0.518. The lowest BCUT2D eigenvalue weighted by atomic mass is 10.0. The zero-order chi connectivity index (χ0) is 18.7. The maximum Gasteiger partial charge on any atom is 0.416 e. The van der Waals surface area contributed by atoms with Gasteiger partial charge in [0.2, 0.25) is 0 Å². The van der Waals surface area contributed by atoms with Gasteiger partial charge in [-0.2, -0.15) is 13.2 Å². The van der Waals surface area contributed by atoms with Gasteiger partial charge in [-0.15, -0.1) is 10.2 Å². The molecule has 26 heavy (non-hydrogen) atoms. The minimum Gasteiger partial charge on any atom is -0.166 e. The summed E-state index contributed by atoms with van der Waals surface area (Å²) in [5, 5.41) is 9.10. The zero-order valence-electron chi connectivity index (χ0n) is 14.3. The fourth-order valence-electron chi connectivity index (χ4n) is 2.45. The van der Waals surface area contributed by atoms with Crippen molar-refractivity contribution in [2.45, 2.75) is 30.8 Å². The molecule has 0 spiro atoms. The lowest BCUT2D eigenvalue weighted by Crippen LogP contribution is -2.04. The first kappa shape index (κ1) is 18.5. The molecule has 0 unspecified atom stereocenters. The van der Waals surface area contributed by atoms with Crippen LogP contribution in [-0.2, 0) is 11.9 Å². The highest BCUT2D eigenvalue weighted by Gasteiger charge is 2.30. The summed E-state index contributed by atoms with van der Waals surface area (Å²) in [5.41, 5.74) is 4.14. The van der Waals surface area contributed by atoms with Gasteiger partial charge < -0.3 is 0 Å². The van der Waals surface area contributed by atoms with E-state index in [2.05, 4.69) is 23.2 Å². The average Bonchev–Trinajstić information content (AvgIpc) is 2.62. The predicted molar refractivity (Wildman–Crippen MR) is 97.9 cm³/mol. The molecule has 0 radical (unpaired) electrons. The third-order valence-corrected chi connectivity index (χ3v) is 5.07. The summed E-state index contributed by atoms with van der Waals surface area (Å²) in [5.74, 6) is 0.404. The first-order chi connectivity index (χ1) is 12.3. The molecule has 0 aliphatic heterocycles. The van der Waals surface area contributed by atoms with Crippen molar-refractivity contribution in [3.05, 3.63) is 76.9 Å². The second kappa shape index (κ2) is 7.50. The van der Waals surface area contributed by atoms with Crippen LogP contribution in [0.1, 0.15) is 22.3 Å². The summed E-state index contributed by atoms with van der Waals surface area (Å²) in [6.45, 7) is 4.10. The third-order valence-electron chi connectivity index (χ3n) is 4.08. The molecule has 0 aliphatic rings. The van der Waals surface area contributed by atoms with Gasteiger partial charge >= 0.3 is 6.18 Å². The Balaban J connectivity index is 1.69. The van der Waals surface area contributed by atoms with Crippen molar-refractivity contribution in [1.82, 2.24) is 10.2 Å². The number of rotatable bonds is 4. The smallest absolute Gasteiger partial charge is 0.166 e. The number of aromatic nitrogens is 2. The zero-order valence-corrected chi connectivity index (χ0v) is 15.2. The van der Waals surface area contributed by atoms with Crippen molar-refractivity contribution in [3.8, 4) is 11.3 Å². The Kier molecular flexibility index (Phi) is 5.32. The van der Waals surface area contributed by atoms with Gasteiger partial charge in [0, 0.05) is 11.3 Å². The van der Waals surface area contributed by atoms with Gasteiger partial charge in [-0.25, -0.2) is 0 Å². The van der Waals surface area contributed by atoms with Crippen LogP contribution >= 0.6 is 11.8 Å². The molecule has 0 saturated heterocycles. The topological polar surface area (TPSA) is 25.8 Å². The number of thioether (sulfide) groups is 1. The third kappa shape index (κ3) is 4.43. The molecule has 0 amide bonds. The summed E-state index contributed by atoms with van der Waals surface area (Å²) in [4.78, 5) is 0. The molecular weight excluding hydrogens is 357 g/mol. The Morgan fingerprint density at radius 2 is 1.69 bits per heavy atom. The van der Waals surface area contributed by atoms with Crippen LogP contribution in [0.3, 0.4) is 0 Å². The van der Waals surface area contributed by atoms with E-state index in [1.807, 2.05) is 31.2 Å². The van der Waals surface area contributed by atoms with Gasteiger partial charge in [0.05, 0.1) is 11.3 Å². The van der Waals surface area contributed by atoms with Crippen molar-refractivity contribution < 1.29 is 13.2 Å². The summed E-state index contributed by atoms with van der Waals surface area (Å²) < 4.78 is 38.3. The Morgan fingerprint density at radius 1 is 0.885 bits per heavy atom. The van der Waals surface area contributed by atoms with Crippen LogP contribution in [0, 0.1) is 13.8 Å². The monoisotopic (exact) mass is 374 g/mol. The SMILES string of the molecule is Cc1ccc(-c2ccc(SCc3cccc(C(F)(F)F)c3)nn2)cc1C. The molecular formula is C20H17F3N2S. The van der Waals surface area contributed by atoms with Crippen molar-refractivity contribution in [3.63, 3.8) is 0 Å². The van der Waals surface area contributed by atoms with E-state index in [1.165, 1.54) is 35.0 Å². The molecule has 2 nitrogen and oxygen atoms in total. The van der Waals surface area contributed by atoms with Crippen molar-refractivity contribution in [1.29, 1.82) is 0 Å². The number of nitrogens with zero attached hydrogens (tertiary/aromatic N) is 2. The van der Waals surface area contributed by atoms with Crippen LogP contribution in [0.15, 0.2) is 59.6 Å². The van der Waals surface area contributed by atoms with Crippen LogP contribution in [0.4, 0.5) is 13.2 Å². The summed E-state index contributed by atoms with van der Waals surface area (Å²) in [6.07, 6.45) is -4.33. The second-order valence-corrected chi connectivity index (χ2v) is 7.04. The van der Waals surface area contributed by atoms with Gasteiger partial charge in [-0.05, 0) is 54.8 Å². The maximum absolute atomic E-state index is 12.8. The Bertz CT molecular complexity index is 906. The second-order valence-electron chi connectivity index (χ2n) is 6.04. The average molecular weight is 374 g/mol. The molecule has 2 aromatic carbocycles. The first-order valence-corrected chi connectivity index (χ1v) is 9.02. The predicted octanol–water partition coefficient (Wildman–Crippen LogP) is 6.07. The highest BCUT2D eigenvalue weighted by atomic mass is 32.2. The van der Waals surface area contributed by atoms with Crippen LogP contribution in [0.2, 0.25) is 0 Å². The van der Waals surface area contributed by atoms with E-state index < -0.39 is 11.7 Å². The largest absolute Gasteiger partial charge is 0.416 e. The number of halogens is 3. The molecule has 0 aliphatic carbocycles. The van der Waals surface area contributed by atoms with Crippen LogP contribution in [-0.4, -0.2) is 10.2 Å². The molecule has 1 aromatic heterocycles. The highest BCUT2D eigenvalue weighted by molar-refractivity contribution is 7.98. The molecule has 0 N–H and O–H groups in total. The summed E-state index contributed by atoms with van der Waals surface area (Å²) in [7, 11) is 0. The van der Waals surface area contributed by atoms with E-state index in [0.717, 1.165) is 17.3 Å². The summed E-state index contributed by atoms with van der Waals surface area (Å²) >= 11 is 1.36. The molecule has 0 atom stereocenters. The molecule has 134 valence electrons. The molecule has 0 fully saturated rings. The van der Waals surface area contributed by atoms with E-state index in [4.69, 9.17) is 0 Å². The Hall–Kier alpha value is -2.34. The van der Waals surface area contributed by atoms with E-state index in [-0.39, 0.29) is 0 Å². The number of hydrogen-bond donors (Lipinski definition) is 0. The van der Waals surface area contributed by atoms with Crippen LogP contribution < -0.4 is 0 Å². The fourth-order valence-corrected chi connectivity index (χ4v) is 3.20. The summed E-state index contributed by atoms with van der Waals surface area (Å²) in [6, 6.07) is 15.2. The molecule has 6 heteroatoms. The molecule has 0 bridgehead atoms. The number of benzene rings is 2.